The van der Waals surface area contributed by atoms with Crippen molar-refractivity contribution < 1.29 is 27.9 Å². The third-order valence-electron chi connectivity index (χ3n) is 6.48. The van der Waals surface area contributed by atoms with E-state index in [4.69, 9.17) is 5.41 Å². The molecule has 1 fully saturated rings. The van der Waals surface area contributed by atoms with Gasteiger partial charge in [-0.25, -0.2) is 0 Å². The van der Waals surface area contributed by atoms with Gasteiger partial charge in [-0.2, -0.15) is 13.2 Å². The lowest BCUT2D eigenvalue weighted by atomic mass is 9.73. The van der Waals surface area contributed by atoms with Crippen molar-refractivity contribution in [2.45, 2.75) is 56.8 Å². The number of amides is 2. The summed E-state index contributed by atoms with van der Waals surface area (Å²) in [6.07, 6.45) is -1.76. The average molecular weight is 615 g/mol. The Hall–Kier alpha value is -2.47. The van der Waals surface area contributed by atoms with Crippen LogP contribution in [0, 0.1) is 14.9 Å². The summed E-state index contributed by atoms with van der Waals surface area (Å²) in [5.41, 5.74) is -0.624. The number of halogens is 4. The van der Waals surface area contributed by atoms with E-state index in [1.165, 1.54) is 6.07 Å². The van der Waals surface area contributed by atoms with Gasteiger partial charge in [0.25, 0.3) is 5.91 Å². The molecule has 0 heterocycles. The molecule has 1 atom stereocenters. The van der Waals surface area contributed by atoms with Crippen molar-refractivity contribution in [3.63, 3.8) is 0 Å². The van der Waals surface area contributed by atoms with Gasteiger partial charge in [0.2, 0.25) is 5.91 Å². The van der Waals surface area contributed by atoms with Gasteiger partial charge in [-0.05, 0) is 97.0 Å². The molecule has 4 N–H and O–H groups in total. The summed E-state index contributed by atoms with van der Waals surface area (Å²) in [7, 11) is 0. The highest BCUT2D eigenvalue weighted by atomic mass is 127. The average Bonchev–Trinajstić information content (AvgIpc) is 2.82. The van der Waals surface area contributed by atoms with E-state index in [0.29, 0.717) is 37.8 Å². The molecular weight excluding hydrogens is 586 g/mol. The van der Waals surface area contributed by atoms with Crippen LogP contribution in [0.1, 0.15) is 60.5 Å². The fourth-order valence-corrected chi connectivity index (χ4v) is 4.83. The first-order valence-electron chi connectivity index (χ1n) is 11.7. The molecule has 0 aliphatic heterocycles. The molecule has 194 valence electrons. The van der Waals surface area contributed by atoms with Gasteiger partial charge in [0.1, 0.15) is 0 Å². The molecule has 0 aromatic heterocycles. The second-order valence-electron chi connectivity index (χ2n) is 9.27. The zero-order valence-electron chi connectivity index (χ0n) is 19.8. The molecule has 10 heteroatoms. The largest absolute Gasteiger partial charge is 0.416 e. The predicted molar refractivity (Wildman–Crippen MR) is 139 cm³/mol. The molecule has 2 aromatic rings. The van der Waals surface area contributed by atoms with Crippen molar-refractivity contribution in [3.8, 4) is 0 Å². The van der Waals surface area contributed by atoms with Crippen LogP contribution in [0.2, 0.25) is 0 Å². The minimum absolute atomic E-state index is 0.0223. The van der Waals surface area contributed by atoms with Gasteiger partial charge in [-0.1, -0.05) is 18.2 Å². The van der Waals surface area contributed by atoms with E-state index in [0.717, 1.165) is 27.3 Å². The van der Waals surface area contributed by atoms with E-state index < -0.39 is 29.2 Å². The Morgan fingerprint density at radius 3 is 2.42 bits per heavy atom. The summed E-state index contributed by atoms with van der Waals surface area (Å²) in [5.74, 6) is -1.25. The lowest BCUT2D eigenvalue weighted by Gasteiger charge is -2.37. The van der Waals surface area contributed by atoms with Crippen LogP contribution in [-0.4, -0.2) is 35.2 Å². The van der Waals surface area contributed by atoms with Gasteiger partial charge >= 0.3 is 6.18 Å². The summed E-state index contributed by atoms with van der Waals surface area (Å²) < 4.78 is 39.6. The predicted octanol–water partition coefficient (Wildman–Crippen LogP) is 5.03. The number of hydrogen-bond acceptors (Lipinski definition) is 4. The Morgan fingerprint density at radius 1 is 1.17 bits per heavy atom. The van der Waals surface area contributed by atoms with E-state index in [1.54, 1.807) is 6.92 Å². The van der Waals surface area contributed by atoms with Crippen molar-refractivity contribution >= 4 is 40.1 Å². The first-order chi connectivity index (χ1) is 16.9. The molecule has 1 aliphatic rings. The maximum Gasteiger partial charge on any atom is 0.416 e. The quantitative estimate of drug-likeness (QED) is 0.248. The Kier molecular flexibility index (Phi) is 9.15. The Balaban J connectivity index is 1.43. The highest BCUT2D eigenvalue weighted by Gasteiger charge is 2.36. The summed E-state index contributed by atoms with van der Waals surface area (Å²) >= 11 is 2.22. The monoisotopic (exact) mass is 615 g/mol. The van der Waals surface area contributed by atoms with Gasteiger partial charge < -0.3 is 21.1 Å². The van der Waals surface area contributed by atoms with E-state index in [9.17, 15) is 27.9 Å². The maximum absolute atomic E-state index is 12.8. The lowest BCUT2D eigenvalue weighted by molar-refractivity contribution is -0.137. The van der Waals surface area contributed by atoms with E-state index in [1.807, 2.05) is 24.3 Å². The molecule has 0 bridgehead atoms. The van der Waals surface area contributed by atoms with Crippen LogP contribution in [0.15, 0.2) is 48.5 Å². The smallest absolute Gasteiger partial charge is 0.385 e. The number of benzene rings is 2. The third-order valence-corrected chi connectivity index (χ3v) is 7.20. The minimum Gasteiger partial charge on any atom is -0.385 e. The molecule has 0 unspecified atom stereocenters. The van der Waals surface area contributed by atoms with Crippen LogP contribution in [0.3, 0.4) is 0 Å². The summed E-state index contributed by atoms with van der Waals surface area (Å²) in [6, 6.07) is 11.5. The SMILES string of the molecule is C[C@H](CC(=N)C1CCC(O)(c2ccc(I)cc2)CC1)NC(=O)CNC(=O)c1cccc(C(F)(F)F)c1. The molecule has 36 heavy (non-hydrogen) atoms. The van der Waals surface area contributed by atoms with Crippen LogP contribution in [0.5, 0.6) is 0 Å². The fraction of sp³-hybridized carbons (Fsp3) is 0.423. The third kappa shape index (κ3) is 7.52. The van der Waals surface area contributed by atoms with Crippen molar-refractivity contribution in [2.75, 3.05) is 6.54 Å². The van der Waals surface area contributed by atoms with Crippen molar-refractivity contribution in [2.24, 2.45) is 5.92 Å². The topological polar surface area (TPSA) is 102 Å². The molecular formula is C26H29F3IN3O3. The summed E-state index contributed by atoms with van der Waals surface area (Å²) in [5, 5.41) is 24.6. The molecule has 2 amide bonds. The van der Waals surface area contributed by atoms with Crippen LogP contribution in [0.25, 0.3) is 0 Å². The first-order valence-corrected chi connectivity index (χ1v) is 12.8. The lowest BCUT2D eigenvalue weighted by Crippen LogP contribution is -2.42. The highest BCUT2D eigenvalue weighted by molar-refractivity contribution is 14.1. The highest BCUT2D eigenvalue weighted by Crippen LogP contribution is 2.40. The zero-order chi connectivity index (χ0) is 26.5. The normalized spacial score (nSPS) is 20.9. The van der Waals surface area contributed by atoms with Gasteiger partial charge in [-0.3, -0.25) is 9.59 Å². The zero-order valence-corrected chi connectivity index (χ0v) is 21.9. The van der Waals surface area contributed by atoms with Gasteiger partial charge in [0, 0.05) is 27.3 Å². The van der Waals surface area contributed by atoms with Crippen LogP contribution >= 0.6 is 22.6 Å². The van der Waals surface area contributed by atoms with Crippen LogP contribution in [0.4, 0.5) is 13.2 Å². The fourth-order valence-electron chi connectivity index (χ4n) is 4.47. The molecule has 6 nitrogen and oxygen atoms in total. The second-order valence-corrected chi connectivity index (χ2v) is 10.5. The number of carbonyl (C=O) groups excluding carboxylic acids is 2. The standard InChI is InChI=1S/C26H29F3IN3O3/c1-16(33-23(34)15-32-24(35)18-3-2-4-20(14-18)26(27,28)29)13-22(31)17-9-11-25(36,12-10-17)19-5-7-21(30)8-6-19/h2-8,14,16-17,31,36H,9-13,15H2,1H3,(H,32,35)(H,33,34)/t16-,17?,25?/m1/s1. The van der Waals surface area contributed by atoms with E-state index in [2.05, 4.69) is 33.2 Å². The number of alkyl halides is 3. The van der Waals surface area contributed by atoms with Crippen molar-refractivity contribution in [1.29, 1.82) is 5.41 Å². The Labute approximate surface area is 221 Å². The van der Waals surface area contributed by atoms with Crippen molar-refractivity contribution in [1.82, 2.24) is 10.6 Å². The summed E-state index contributed by atoms with van der Waals surface area (Å²) in [6.45, 7) is 1.37. The van der Waals surface area contributed by atoms with E-state index >= 15 is 0 Å². The molecule has 1 aliphatic carbocycles. The van der Waals surface area contributed by atoms with Crippen LogP contribution in [-0.2, 0) is 16.6 Å². The minimum atomic E-state index is -4.56. The van der Waals surface area contributed by atoms with E-state index in [-0.39, 0.29) is 24.1 Å². The first kappa shape index (κ1) is 28.1. The molecule has 0 spiro atoms. The van der Waals surface area contributed by atoms with Gasteiger partial charge in [-0.15, -0.1) is 0 Å². The summed E-state index contributed by atoms with van der Waals surface area (Å²) in [4.78, 5) is 24.4. The molecule has 0 saturated heterocycles. The Morgan fingerprint density at radius 2 is 1.81 bits per heavy atom. The maximum atomic E-state index is 12.8. The molecule has 0 radical (unpaired) electrons. The Bertz CT molecular complexity index is 1100. The van der Waals surface area contributed by atoms with Gasteiger partial charge in [0.15, 0.2) is 0 Å². The number of rotatable bonds is 8. The van der Waals surface area contributed by atoms with Gasteiger partial charge in [0.05, 0.1) is 17.7 Å². The molecule has 2 aromatic carbocycles. The van der Waals surface area contributed by atoms with Crippen LogP contribution < -0.4 is 10.6 Å². The van der Waals surface area contributed by atoms with Crippen molar-refractivity contribution in [3.05, 3.63) is 68.8 Å². The number of carbonyl (C=O) groups is 2. The molecule has 3 rings (SSSR count). The second kappa shape index (κ2) is 11.7. The number of nitrogens with one attached hydrogen (secondary N) is 3. The number of hydrogen-bond donors (Lipinski definition) is 4. The molecule has 1 saturated carbocycles. The number of aliphatic hydroxyl groups is 1.